The Labute approximate surface area is 183 Å². The van der Waals surface area contributed by atoms with Gasteiger partial charge in [0.05, 0.1) is 16.5 Å². The number of H-pyrrole nitrogens is 1. The lowest BCUT2D eigenvalue weighted by Crippen LogP contribution is -2.32. The second-order valence-electron chi connectivity index (χ2n) is 7.16. The number of nitriles is 1. The summed E-state index contributed by atoms with van der Waals surface area (Å²) in [4.78, 5) is 33.5. The highest BCUT2D eigenvalue weighted by Gasteiger charge is 2.18. The number of benzene rings is 2. The number of nitrogens with one attached hydrogen (secondary N) is 1. The number of allylic oxidation sites excluding steroid dienone is 1. The van der Waals surface area contributed by atoms with E-state index >= 15 is 0 Å². The molecule has 31 heavy (non-hydrogen) atoms. The van der Waals surface area contributed by atoms with E-state index in [9.17, 15) is 14.9 Å². The van der Waals surface area contributed by atoms with Gasteiger partial charge in [0.25, 0.3) is 11.5 Å². The fourth-order valence-corrected chi connectivity index (χ4v) is 3.64. The largest absolute Gasteiger partial charge is 0.483 e. The van der Waals surface area contributed by atoms with E-state index in [1.807, 2.05) is 0 Å². The fourth-order valence-electron chi connectivity index (χ4n) is 3.48. The first-order chi connectivity index (χ1) is 15.0. The van der Waals surface area contributed by atoms with Crippen molar-refractivity contribution in [3.63, 3.8) is 0 Å². The van der Waals surface area contributed by atoms with Gasteiger partial charge in [-0.15, -0.1) is 0 Å². The van der Waals surface area contributed by atoms with Gasteiger partial charge in [-0.3, -0.25) is 9.59 Å². The highest BCUT2D eigenvalue weighted by atomic mass is 35.5. The molecule has 7 nitrogen and oxygen atoms in total. The molecule has 1 aromatic heterocycles. The van der Waals surface area contributed by atoms with E-state index in [2.05, 4.69) is 16.0 Å². The molecule has 1 aliphatic heterocycles. The van der Waals surface area contributed by atoms with Gasteiger partial charge in [-0.1, -0.05) is 29.8 Å². The first-order valence-electron chi connectivity index (χ1n) is 9.86. The summed E-state index contributed by atoms with van der Waals surface area (Å²) in [7, 11) is 0. The van der Waals surface area contributed by atoms with Crippen LogP contribution in [0, 0.1) is 11.3 Å². The van der Waals surface area contributed by atoms with Gasteiger partial charge in [0.1, 0.15) is 11.8 Å². The van der Waals surface area contributed by atoms with Crippen molar-refractivity contribution >= 4 is 40.1 Å². The third kappa shape index (κ3) is 4.60. The van der Waals surface area contributed by atoms with E-state index < -0.39 is 0 Å². The molecule has 1 saturated heterocycles. The van der Waals surface area contributed by atoms with Gasteiger partial charge < -0.3 is 14.6 Å². The topological polar surface area (TPSA) is 99.1 Å². The number of para-hydroxylation sites is 1. The molecule has 0 atom stereocenters. The van der Waals surface area contributed by atoms with Crippen molar-refractivity contribution in [2.75, 3.05) is 19.7 Å². The van der Waals surface area contributed by atoms with Crippen LogP contribution in [0.1, 0.15) is 24.2 Å². The molecule has 1 amide bonds. The maximum absolute atomic E-state index is 12.4. The van der Waals surface area contributed by atoms with E-state index in [-0.39, 0.29) is 29.5 Å². The summed E-state index contributed by atoms with van der Waals surface area (Å²) in [6, 6.07) is 13.9. The third-order valence-electron chi connectivity index (χ3n) is 5.07. The van der Waals surface area contributed by atoms with Crippen LogP contribution < -0.4 is 10.3 Å². The molecule has 1 aliphatic rings. The van der Waals surface area contributed by atoms with Crippen molar-refractivity contribution in [1.82, 2.24) is 14.9 Å². The Hall–Kier alpha value is -3.63. The van der Waals surface area contributed by atoms with Crippen LogP contribution in [0.5, 0.6) is 5.75 Å². The molecule has 3 aromatic rings. The first-order valence-corrected chi connectivity index (χ1v) is 10.2. The monoisotopic (exact) mass is 434 g/mol. The molecule has 0 unspecified atom stereocenters. The molecule has 2 heterocycles. The summed E-state index contributed by atoms with van der Waals surface area (Å²) in [6.45, 7) is 1.44. The Kier molecular flexibility index (Phi) is 6.01. The van der Waals surface area contributed by atoms with E-state index in [1.54, 1.807) is 53.4 Å². The Bertz CT molecular complexity index is 1270. The lowest BCUT2D eigenvalue weighted by Gasteiger charge is -2.16. The number of aromatic amines is 1. The third-order valence-corrected chi connectivity index (χ3v) is 5.31. The highest BCUT2D eigenvalue weighted by Crippen LogP contribution is 2.24. The molecule has 4 rings (SSSR count). The summed E-state index contributed by atoms with van der Waals surface area (Å²) in [5.74, 6) is 0.536. The van der Waals surface area contributed by atoms with Crippen LogP contribution in [0.25, 0.3) is 22.6 Å². The lowest BCUT2D eigenvalue weighted by molar-refractivity contribution is -0.132. The number of hydrogen-bond donors (Lipinski definition) is 1. The number of carbonyl (C=O) groups excluding carboxylic acids is 1. The molecule has 0 aliphatic carbocycles. The van der Waals surface area contributed by atoms with Crippen LogP contribution in [-0.2, 0) is 4.79 Å². The van der Waals surface area contributed by atoms with Crippen LogP contribution >= 0.6 is 11.6 Å². The summed E-state index contributed by atoms with van der Waals surface area (Å²) < 4.78 is 5.75. The number of aromatic nitrogens is 2. The molecule has 0 spiro atoms. The van der Waals surface area contributed by atoms with Crippen LogP contribution in [0.3, 0.4) is 0 Å². The predicted octanol–water partition coefficient (Wildman–Crippen LogP) is 3.64. The minimum Gasteiger partial charge on any atom is -0.483 e. The lowest BCUT2D eigenvalue weighted by atomic mass is 10.1. The molecule has 0 bridgehead atoms. The second kappa shape index (κ2) is 9.02. The maximum Gasteiger partial charge on any atom is 0.260 e. The van der Waals surface area contributed by atoms with Crippen molar-refractivity contribution in [2.45, 2.75) is 12.8 Å². The molecule has 0 saturated carbocycles. The minimum absolute atomic E-state index is 0.0609. The van der Waals surface area contributed by atoms with Gasteiger partial charge in [0.2, 0.25) is 0 Å². The summed E-state index contributed by atoms with van der Waals surface area (Å²) in [5.41, 5.74) is 0.787. The molecule has 0 radical (unpaired) electrons. The number of fused-ring (bicyclic) bond motifs is 1. The van der Waals surface area contributed by atoms with Crippen LogP contribution in [0.15, 0.2) is 47.3 Å². The second-order valence-corrected chi connectivity index (χ2v) is 7.60. The fraction of sp³-hybridized carbons (Fsp3) is 0.217. The van der Waals surface area contributed by atoms with E-state index in [0.29, 0.717) is 27.2 Å². The predicted molar refractivity (Wildman–Crippen MR) is 119 cm³/mol. The Morgan fingerprint density at radius 1 is 1.26 bits per heavy atom. The number of hydrogen-bond acceptors (Lipinski definition) is 5. The molecule has 8 heteroatoms. The molecule has 1 fully saturated rings. The molecule has 1 N–H and O–H groups in total. The van der Waals surface area contributed by atoms with Crippen molar-refractivity contribution in [3.05, 3.63) is 69.2 Å². The highest BCUT2D eigenvalue weighted by molar-refractivity contribution is 6.31. The van der Waals surface area contributed by atoms with Gasteiger partial charge in [-0.25, -0.2) is 4.98 Å². The van der Waals surface area contributed by atoms with Crippen molar-refractivity contribution < 1.29 is 9.53 Å². The zero-order valence-electron chi connectivity index (χ0n) is 16.6. The standard InChI is InChI=1S/C23H19ClN4O3/c24-17-7-8-18-19(12-17)26-22(27-23(18)30)16(13-25)11-15-5-1-2-6-20(15)31-14-21(29)28-9-3-4-10-28/h1-2,5-8,11-12H,3-4,9-10,14H2,(H,26,27,30)/b16-11+. The number of carbonyl (C=O) groups is 1. The van der Waals surface area contributed by atoms with Crippen molar-refractivity contribution in [3.8, 4) is 11.8 Å². The smallest absolute Gasteiger partial charge is 0.260 e. The average Bonchev–Trinajstić information content (AvgIpc) is 3.31. The number of ether oxygens (including phenoxy) is 1. The average molecular weight is 435 g/mol. The number of amides is 1. The summed E-state index contributed by atoms with van der Waals surface area (Å²) in [6.07, 6.45) is 3.60. The zero-order chi connectivity index (χ0) is 21.8. The quantitative estimate of drug-likeness (QED) is 0.618. The van der Waals surface area contributed by atoms with Crippen LogP contribution in [-0.4, -0.2) is 40.5 Å². The normalized spacial score (nSPS) is 13.9. The van der Waals surface area contributed by atoms with Crippen LogP contribution in [0.2, 0.25) is 5.02 Å². The zero-order valence-corrected chi connectivity index (χ0v) is 17.4. The van der Waals surface area contributed by atoms with Crippen molar-refractivity contribution in [1.29, 1.82) is 5.26 Å². The molecular formula is C23H19ClN4O3. The molecule has 2 aromatic carbocycles. The van der Waals surface area contributed by atoms with Gasteiger partial charge in [-0.05, 0) is 43.2 Å². The first kappa shape index (κ1) is 20.6. The molecule has 156 valence electrons. The summed E-state index contributed by atoms with van der Waals surface area (Å²) >= 11 is 6.02. The maximum atomic E-state index is 12.4. The van der Waals surface area contributed by atoms with Crippen molar-refractivity contribution in [2.24, 2.45) is 0 Å². The minimum atomic E-state index is -0.362. The van der Waals surface area contributed by atoms with E-state index in [1.165, 1.54) is 0 Å². The number of halogens is 1. The van der Waals surface area contributed by atoms with Crippen LogP contribution in [0.4, 0.5) is 0 Å². The van der Waals surface area contributed by atoms with Gasteiger partial charge in [-0.2, -0.15) is 5.26 Å². The van der Waals surface area contributed by atoms with Gasteiger partial charge in [0, 0.05) is 23.7 Å². The Balaban J connectivity index is 1.64. The number of rotatable bonds is 5. The van der Waals surface area contributed by atoms with Gasteiger partial charge >= 0.3 is 0 Å². The SMILES string of the molecule is N#C/C(=C\c1ccccc1OCC(=O)N1CCCC1)c1nc2cc(Cl)ccc2c(=O)[nH]1. The summed E-state index contributed by atoms with van der Waals surface area (Å²) in [5, 5.41) is 10.5. The van der Waals surface area contributed by atoms with E-state index in [4.69, 9.17) is 16.3 Å². The Morgan fingerprint density at radius 2 is 2.03 bits per heavy atom. The number of nitrogens with zero attached hydrogens (tertiary/aromatic N) is 3. The number of likely N-dealkylation sites (tertiary alicyclic amines) is 1. The Morgan fingerprint density at radius 3 is 2.81 bits per heavy atom. The van der Waals surface area contributed by atoms with E-state index in [0.717, 1.165) is 25.9 Å². The van der Waals surface area contributed by atoms with Gasteiger partial charge in [0.15, 0.2) is 12.4 Å². The molecular weight excluding hydrogens is 416 g/mol.